The Hall–Kier alpha value is -2.88. The third-order valence-corrected chi connectivity index (χ3v) is 5.59. The number of amides is 2. The minimum absolute atomic E-state index is 0.0321. The standard InChI is InChI=1S/C23H24N2O2/c1-2-17(18-8-4-3-5-9-18)14-22(26)24-15-21-20-11-7-6-10-19(20)12-13-25(21)23(27)16-24/h3-11,14,21H,2,12-13,15-16H2,1H3/b17-14+. The van der Waals surface area contributed by atoms with Crippen LogP contribution in [0.3, 0.4) is 0 Å². The molecule has 0 aromatic heterocycles. The van der Waals surface area contributed by atoms with Crippen molar-refractivity contribution in [2.24, 2.45) is 0 Å². The second-order valence-electron chi connectivity index (χ2n) is 7.16. The summed E-state index contributed by atoms with van der Waals surface area (Å²) in [6.45, 7) is 3.51. The van der Waals surface area contributed by atoms with E-state index in [4.69, 9.17) is 0 Å². The largest absolute Gasteiger partial charge is 0.332 e. The quantitative estimate of drug-likeness (QED) is 0.787. The maximum absolute atomic E-state index is 13.0. The lowest BCUT2D eigenvalue weighted by atomic mass is 9.90. The zero-order valence-electron chi connectivity index (χ0n) is 15.6. The summed E-state index contributed by atoms with van der Waals surface area (Å²) in [7, 11) is 0. The Morgan fingerprint density at radius 3 is 2.63 bits per heavy atom. The molecule has 4 nitrogen and oxygen atoms in total. The molecule has 1 atom stereocenters. The van der Waals surface area contributed by atoms with Gasteiger partial charge in [0.2, 0.25) is 11.8 Å². The van der Waals surface area contributed by atoms with Crippen LogP contribution in [0.2, 0.25) is 0 Å². The fourth-order valence-electron chi connectivity index (χ4n) is 4.12. The molecule has 0 N–H and O–H groups in total. The van der Waals surface area contributed by atoms with Gasteiger partial charge in [-0.05, 0) is 35.1 Å². The molecule has 1 fully saturated rings. The van der Waals surface area contributed by atoms with Gasteiger partial charge >= 0.3 is 0 Å². The Morgan fingerprint density at radius 1 is 1.11 bits per heavy atom. The molecule has 4 heteroatoms. The highest BCUT2D eigenvalue weighted by atomic mass is 16.2. The van der Waals surface area contributed by atoms with Crippen molar-refractivity contribution in [1.82, 2.24) is 9.80 Å². The maximum Gasteiger partial charge on any atom is 0.247 e. The molecule has 0 saturated carbocycles. The van der Waals surface area contributed by atoms with Gasteiger partial charge < -0.3 is 9.80 Å². The molecule has 0 bridgehead atoms. The molecule has 2 amide bonds. The zero-order valence-corrected chi connectivity index (χ0v) is 15.6. The van der Waals surface area contributed by atoms with Crippen LogP contribution in [0.5, 0.6) is 0 Å². The first kappa shape index (κ1) is 17.5. The van der Waals surface area contributed by atoms with Crippen LogP contribution in [-0.4, -0.2) is 41.2 Å². The van der Waals surface area contributed by atoms with Gasteiger partial charge in [-0.15, -0.1) is 0 Å². The van der Waals surface area contributed by atoms with Gasteiger partial charge in [-0.3, -0.25) is 9.59 Å². The lowest BCUT2D eigenvalue weighted by Crippen LogP contribution is -2.55. The monoisotopic (exact) mass is 360 g/mol. The summed E-state index contributed by atoms with van der Waals surface area (Å²) >= 11 is 0. The first-order chi connectivity index (χ1) is 13.2. The van der Waals surface area contributed by atoms with Gasteiger partial charge in [-0.2, -0.15) is 0 Å². The first-order valence-corrected chi connectivity index (χ1v) is 9.59. The molecule has 0 spiro atoms. The van der Waals surface area contributed by atoms with Gasteiger partial charge in [0.15, 0.2) is 0 Å². The summed E-state index contributed by atoms with van der Waals surface area (Å²) in [5.74, 6) is -0.0352. The fraction of sp³-hybridized carbons (Fsp3) is 0.304. The highest BCUT2D eigenvalue weighted by Gasteiger charge is 2.37. The number of benzene rings is 2. The number of hydrogen-bond acceptors (Lipinski definition) is 2. The molecule has 0 aliphatic carbocycles. The van der Waals surface area contributed by atoms with Crippen LogP contribution < -0.4 is 0 Å². The summed E-state index contributed by atoms with van der Waals surface area (Å²) in [6.07, 6.45) is 3.36. The average molecular weight is 360 g/mol. The van der Waals surface area contributed by atoms with Crippen LogP contribution in [0.4, 0.5) is 0 Å². The van der Waals surface area contributed by atoms with Crippen molar-refractivity contribution in [1.29, 1.82) is 0 Å². The van der Waals surface area contributed by atoms with Gasteiger partial charge in [-0.25, -0.2) is 0 Å². The van der Waals surface area contributed by atoms with E-state index in [0.29, 0.717) is 6.54 Å². The highest BCUT2D eigenvalue weighted by molar-refractivity contribution is 5.97. The van der Waals surface area contributed by atoms with Crippen LogP contribution in [0.1, 0.15) is 36.1 Å². The predicted molar refractivity (Wildman–Crippen MR) is 106 cm³/mol. The number of carbonyl (C=O) groups excluding carboxylic acids is 2. The van der Waals surface area contributed by atoms with E-state index < -0.39 is 0 Å². The summed E-state index contributed by atoms with van der Waals surface area (Å²) in [5.41, 5.74) is 4.52. The van der Waals surface area contributed by atoms with E-state index in [1.54, 1.807) is 11.0 Å². The molecular weight excluding hydrogens is 336 g/mol. The van der Waals surface area contributed by atoms with Gasteiger partial charge in [0.05, 0.1) is 6.04 Å². The number of rotatable bonds is 3. The Morgan fingerprint density at radius 2 is 1.85 bits per heavy atom. The Balaban J connectivity index is 1.59. The summed E-state index contributed by atoms with van der Waals surface area (Å²) < 4.78 is 0. The molecule has 2 aromatic carbocycles. The van der Waals surface area contributed by atoms with Crippen LogP contribution in [0, 0.1) is 0 Å². The van der Waals surface area contributed by atoms with E-state index in [-0.39, 0.29) is 24.4 Å². The highest BCUT2D eigenvalue weighted by Crippen LogP contribution is 2.33. The first-order valence-electron chi connectivity index (χ1n) is 9.59. The van der Waals surface area contributed by atoms with Crippen molar-refractivity contribution in [2.75, 3.05) is 19.6 Å². The molecule has 2 aliphatic rings. The smallest absolute Gasteiger partial charge is 0.247 e. The van der Waals surface area contributed by atoms with E-state index in [9.17, 15) is 9.59 Å². The van der Waals surface area contributed by atoms with E-state index >= 15 is 0 Å². The lowest BCUT2D eigenvalue weighted by Gasteiger charge is -2.44. The van der Waals surface area contributed by atoms with E-state index in [0.717, 1.165) is 30.5 Å². The lowest BCUT2D eigenvalue weighted by molar-refractivity contribution is -0.147. The van der Waals surface area contributed by atoms with Crippen molar-refractivity contribution in [3.63, 3.8) is 0 Å². The topological polar surface area (TPSA) is 40.6 Å². The third-order valence-electron chi connectivity index (χ3n) is 5.59. The molecular formula is C23H24N2O2. The minimum atomic E-state index is -0.0771. The van der Waals surface area contributed by atoms with Crippen molar-refractivity contribution in [3.8, 4) is 0 Å². The molecule has 1 unspecified atom stereocenters. The van der Waals surface area contributed by atoms with Crippen LogP contribution in [-0.2, 0) is 16.0 Å². The molecule has 4 rings (SSSR count). The van der Waals surface area contributed by atoms with Gasteiger partial charge in [0, 0.05) is 19.2 Å². The molecule has 27 heavy (non-hydrogen) atoms. The average Bonchev–Trinajstić information content (AvgIpc) is 2.72. The second-order valence-corrected chi connectivity index (χ2v) is 7.16. The fourth-order valence-corrected chi connectivity index (χ4v) is 4.12. The summed E-state index contributed by atoms with van der Waals surface area (Å²) in [6, 6.07) is 18.2. The summed E-state index contributed by atoms with van der Waals surface area (Å²) in [5, 5.41) is 0. The van der Waals surface area contributed by atoms with E-state index in [1.165, 1.54) is 11.1 Å². The number of allylic oxidation sites excluding steroid dienone is 1. The number of carbonyl (C=O) groups is 2. The van der Waals surface area contributed by atoms with E-state index in [2.05, 4.69) is 12.1 Å². The van der Waals surface area contributed by atoms with Gasteiger partial charge in [-0.1, -0.05) is 61.5 Å². The normalized spacial score (nSPS) is 19.5. The van der Waals surface area contributed by atoms with Crippen molar-refractivity contribution in [3.05, 3.63) is 77.4 Å². The zero-order chi connectivity index (χ0) is 18.8. The minimum Gasteiger partial charge on any atom is -0.332 e. The van der Waals surface area contributed by atoms with Crippen LogP contribution in [0.25, 0.3) is 5.57 Å². The Labute approximate surface area is 160 Å². The molecule has 138 valence electrons. The molecule has 0 radical (unpaired) electrons. The van der Waals surface area contributed by atoms with Gasteiger partial charge in [0.25, 0.3) is 0 Å². The second kappa shape index (κ2) is 7.39. The number of nitrogens with zero attached hydrogens (tertiary/aromatic N) is 2. The Bertz CT molecular complexity index is 888. The van der Waals surface area contributed by atoms with Gasteiger partial charge in [0.1, 0.15) is 6.54 Å². The number of fused-ring (bicyclic) bond motifs is 3. The number of piperazine rings is 1. The Kier molecular flexibility index (Phi) is 4.80. The van der Waals surface area contributed by atoms with Crippen molar-refractivity contribution >= 4 is 17.4 Å². The maximum atomic E-state index is 13.0. The molecule has 2 aromatic rings. The van der Waals surface area contributed by atoms with Crippen LogP contribution in [0.15, 0.2) is 60.7 Å². The molecule has 2 aliphatic heterocycles. The van der Waals surface area contributed by atoms with Crippen molar-refractivity contribution in [2.45, 2.75) is 25.8 Å². The summed E-state index contributed by atoms with van der Waals surface area (Å²) in [4.78, 5) is 29.3. The van der Waals surface area contributed by atoms with Crippen LogP contribution >= 0.6 is 0 Å². The predicted octanol–water partition coefficient (Wildman–Crippen LogP) is 3.45. The van der Waals surface area contributed by atoms with E-state index in [1.807, 2.05) is 54.3 Å². The van der Waals surface area contributed by atoms with Crippen molar-refractivity contribution < 1.29 is 9.59 Å². The molecule has 2 heterocycles. The SMILES string of the molecule is CC/C(=C\C(=O)N1CC(=O)N2CCc3ccccc3C2C1)c1ccccc1. The third kappa shape index (κ3) is 3.39. The molecule has 1 saturated heterocycles. The number of hydrogen-bond donors (Lipinski definition) is 0.